The van der Waals surface area contributed by atoms with Gasteiger partial charge >= 0.3 is 0 Å². The number of thioether (sulfide) groups is 1. The van der Waals surface area contributed by atoms with Crippen LogP contribution < -0.4 is 15.4 Å². The number of nitrogens with zero attached hydrogens (tertiary/aromatic N) is 1. The van der Waals surface area contributed by atoms with Crippen LogP contribution in [0.25, 0.3) is 0 Å². The number of methoxy groups -OCH3 is 1. The molecular formula is C20H22ClN3OS. The van der Waals surface area contributed by atoms with Crippen LogP contribution in [0.3, 0.4) is 0 Å². The van der Waals surface area contributed by atoms with Crippen LogP contribution in [0.2, 0.25) is 5.02 Å². The maximum atomic E-state index is 6.11. The van der Waals surface area contributed by atoms with E-state index in [1.165, 1.54) is 0 Å². The minimum absolute atomic E-state index is 0.136. The number of rotatable bonds is 3. The zero-order valence-electron chi connectivity index (χ0n) is 14.7. The van der Waals surface area contributed by atoms with Crippen molar-refractivity contribution in [2.24, 2.45) is 4.99 Å². The molecule has 0 unspecified atom stereocenters. The van der Waals surface area contributed by atoms with Gasteiger partial charge in [-0.1, -0.05) is 23.7 Å². The molecule has 4 nitrogen and oxygen atoms in total. The summed E-state index contributed by atoms with van der Waals surface area (Å²) < 4.78 is 5.38. The third kappa shape index (κ3) is 3.51. The van der Waals surface area contributed by atoms with E-state index in [0.717, 1.165) is 57.9 Å². The first-order chi connectivity index (χ1) is 12.7. The number of aliphatic imine (C=N–C) groups is 1. The zero-order chi connectivity index (χ0) is 18.0. The SMILES string of the molecule is COc1ccc2c(c1)NC1(CCSCC1)C(=NCc1cccc(Cl)c1)N2. The Kier molecular flexibility index (Phi) is 5.00. The van der Waals surface area contributed by atoms with E-state index in [2.05, 4.69) is 22.8 Å². The lowest BCUT2D eigenvalue weighted by atomic mass is 9.87. The van der Waals surface area contributed by atoms with Gasteiger partial charge in [0.2, 0.25) is 0 Å². The molecule has 26 heavy (non-hydrogen) atoms. The van der Waals surface area contributed by atoms with Gasteiger partial charge in [-0.05, 0) is 54.2 Å². The Hall–Kier alpha value is -1.85. The number of ether oxygens (including phenoxy) is 1. The molecule has 2 aliphatic heterocycles. The molecule has 0 amide bonds. The van der Waals surface area contributed by atoms with Crippen molar-refractivity contribution in [3.8, 4) is 5.75 Å². The molecule has 0 bridgehead atoms. The Morgan fingerprint density at radius 1 is 1.15 bits per heavy atom. The van der Waals surface area contributed by atoms with E-state index in [0.29, 0.717) is 6.54 Å². The normalized spacial score (nSPS) is 19.5. The molecule has 0 saturated carbocycles. The van der Waals surface area contributed by atoms with E-state index in [9.17, 15) is 0 Å². The van der Waals surface area contributed by atoms with Gasteiger partial charge in [0.15, 0.2) is 0 Å². The molecule has 0 atom stereocenters. The number of hydrogen-bond donors (Lipinski definition) is 2. The van der Waals surface area contributed by atoms with Crippen molar-refractivity contribution < 1.29 is 4.74 Å². The van der Waals surface area contributed by atoms with E-state index >= 15 is 0 Å². The highest BCUT2D eigenvalue weighted by atomic mass is 35.5. The number of halogens is 1. The van der Waals surface area contributed by atoms with Crippen molar-refractivity contribution in [2.45, 2.75) is 24.9 Å². The van der Waals surface area contributed by atoms with Gasteiger partial charge in [-0.15, -0.1) is 0 Å². The second kappa shape index (κ2) is 7.41. The molecule has 0 aliphatic carbocycles. The molecule has 0 radical (unpaired) electrons. The molecule has 1 saturated heterocycles. The van der Waals surface area contributed by atoms with Crippen LogP contribution >= 0.6 is 23.4 Å². The minimum atomic E-state index is -0.136. The highest BCUT2D eigenvalue weighted by Gasteiger charge is 2.41. The molecule has 2 aromatic carbocycles. The molecule has 4 rings (SSSR count). The maximum Gasteiger partial charge on any atom is 0.127 e. The van der Waals surface area contributed by atoms with Crippen molar-refractivity contribution in [3.63, 3.8) is 0 Å². The fourth-order valence-corrected chi connectivity index (χ4v) is 4.91. The van der Waals surface area contributed by atoms with Gasteiger partial charge < -0.3 is 15.4 Å². The standard InChI is InChI=1S/C20H22ClN3OS/c1-25-16-5-6-17-18(12-16)24-20(7-9-26-10-8-20)19(23-17)22-13-14-3-2-4-15(21)11-14/h2-6,11-12,24H,7-10,13H2,1H3,(H,22,23). The summed E-state index contributed by atoms with van der Waals surface area (Å²) in [5.41, 5.74) is 3.11. The van der Waals surface area contributed by atoms with Crippen LogP contribution in [-0.4, -0.2) is 30.0 Å². The van der Waals surface area contributed by atoms with Crippen molar-refractivity contribution in [1.29, 1.82) is 0 Å². The zero-order valence-corrected chi connectivity index (χ0v) is 16.3. The summed E-state index contributed by atoms with van der Waals surface area (Å²) in [6.07, 6.45) is 2.10. The molecule has 2 aliphatic rings. The Balaban J connectivity index is 1.67. The largest absolute Gasteiger partial charge is 0.497 e. The van der Waals surface area contributed by atoms with Crippen LogP contribution in [0.4, 0.5) is 11.4 Å². The minimum Gasteiger partial charge on any atom is -0.497 e. The lowest BCUT2D eigenvalue weighted by Gasteiger charge is -2.43. The highest BCUT2D eigenvalue weighted by molar-refractivity contribution is 7.99. The average molecular weight is 388 g/mol. The predicted molar refractivity (Wildman–Crippen MR) is 112 cm³/mol. The Labute approximate surface area is 163 Å². The third-order valence-electron chi connectivity index (χ3n) is 4.96. The van der Waals surface area contributed by atoms with Crippen LogP contribution in [0, 0.1) is 0 Å². The second-order valence-corrected chi connectivity index (χ2v) is 8.31. The lowest BCUT2D eigenvalue weighted by Crippen LogP contribution is -2.54. The maximum absolute atomic E-state index is 6.11. The quantitative estimate of drug-likeness (QED) is 0.773. The molecule has 1 fully saturated rings. The van der Waals surface area contributed by atoms with Gasteiger partial charge in [0, 0.05) is 11.1 Å². The molecule has 0 aromatic heterocycles. The van der Waals surface area contributed by atoms with Crippen LogP contribution in [0.15, 0.2) is 47.5 Å². The van der Waals surface area contributed by atoms with Gasteiger partial charge in [0.25, 0.3) is 0 Å². The number of nitrogens with one attached hydrogen (secondary N) is 2. The third-order valence-corrected chi connectivity index (χ3v) is 6.18. The Morgan fingerprint density at radius 3 is 2.77 bits per heavy atom. The van der Waals surface area contributed by atoms with Gasteiger partial charge in [-0.2, -0.15) is 11.8 Å². The molecular weight excluding hydrogens is 366 g/mol. The summed E-state index contributed by atoms with van der Waals surface area (Å²) in [5.74, 6) is 4.14. The molecule has 136 valence electrons. The average Bonchev–Trinajstić information content (AvgIpc) is 2.66. The van der Waals surface area contributed by atoms with Gasteiger partial charge in [-0.3, -0.25) is 4.99 Å². The second-order valence-electron chi connectivity index (χ2n) is 6.65. The first-order valence-electron chi connectivity index (χ1n) is 8.79. The van der Waals surface area contributed by atoms with E-state index in [-0.39, 0.29) is 5.54 Å². The first-order valence-corrected chi connectivity index (χ1v) is 10.3. The van der Waals surface area contributed by atoms with Crippen molar-refractivity contribution in [3.05, 3.63) is 53.1 Å². The number of benzene rings is 2. The van der Waals surface area contributed by atoms with E-state index in [1.54, 1.807) is 7.11 Å². The number of fused-ring (bicyclic) bond motifs is 1. The van der Waals surface area contributed by atoms with E-state index in [1.807, 2.05) is 42.1 Å². The predicted octanol–water partition coefficient (Wildman–Crippen LogP) is 5.05. The fraction of sp³-hybridized carbons (Fsp3) is 0.350. The van der Waals surface area contributed by atoms with Gasteiger partial charge in [0.05, 0.1) is 30.6 Å². The summed E-state index contributed by atoms with van der Waals surface area (Å²) >= 11 is 8.12. The van der Waals surface area contributed by atoms with E-state index < -0.39 is 0 Å². The van der Waals surface area contributed by atoms with Crippen LogP contribution in [0.1, 0.15) is 18.4 Å². The molecule has 6 heteroatoms. The lowest BCUT2D eigenvalue weighted by molar-refractivity contribution is 0.415. The summed E-state index contributed by atoms with van der Waals surface area (Å²) in [6, 6.07) is 14.0. The molecule has 2 aromatic rings. The smallest absolute Gasteiger partial charge is 0.127 e. The highest BCUT2D eigenvalue weighted by Crippen LogP contribution is 2.40. The Morgan fingerprint density at radius 2 is 2.00 bits per heavy atom. The number of amidine groups is 1. The summed E-state index contributed by atoms with van der Waals surface area (Å²) in [4.78, 5) is 4.96. The summed E-state index contributed by atoms with van der Waals surface area (Å²) in [7, 11) is 1.70. The molecule has 2 N–H and O–H groups in total. The van der Waals surface area contributed by atoms with Crippen LogP contribution in [0.5, 0.6) is 5.75 Å². The van der Waals surface area contributed by atoms with Gasteiger partial charge in [0.1, 0.15) is 11.6 Å². The monoisotopic (exact) mass is 387 g/mol. The van der Waals surface area contributed by atoms with Crippen molar-refractivity contribution in [1.82, 2.24) is 0 Å². The van der Waals surface area contributed by atoms with Crippen molar-refractivity contribution in [2.75, 3.05) is 29.2 Å². The van der Waals surface area contributed by atoms with Crippen LogP contribution in [-0.2, 0) is 6.54 Å². The topological polar surface area (TPSA) is 45.6 Å². The van der Waals surface area contributed by atoms with E-state index in [4.69, 9.17) is 21.3 Å². The summed E-state index contributed by atoms with van der Waals surface area (Å²) in [5, 5.41) is 8.10. The molecule has 2 heterocycles. The number of hydrogen-bond acceptors (Lipinski definition) is 4. The Bertz CT molecular complexity index is 834. The van der Waals surface area contributed by atoms with Crippen molar-refractivity contribution >= 4 is 40.6 Å². The summed E-state index contributed by atoms with van der Waals surface area (Å²) in [6.45, 7) is 0.616. The molecule has 1 spiro atoms. The number of anilines is 2. The first kappa shape index (κ1) is 17.6. The fourth-order valence-electron chi connectivity index (χ4n) is 3.51. The van der Waals surface area contributed by atoms with Gasteiger partial charge in [-0.25, -0.2) is 0 Å².